The van der Waals surface area contributed by atoms with E-state index in [0.29, 0.717) is 47.8 Å². The van der Waals surface area contributed by atoms with Gasteiger partial charge in [-0.3, -0.25) is 9.00 Å². The van der Waals surface area contributed by atoms with Crippen LogP contribution in [-0.2, 0) is 32.6 Å². The van der Waals surface area contributed by atoms with Crippen molar-refractivity contribution >= 4 is 34.2 Å². The summed E-state index contributed by atoms with van der Waals surface area (Å²) in [6, 6.07) is 22.0. The number of carbonyl (C=O) groups is 1. The summed E-state index contributed by atoms with van der Waals surface area (Å²) in [5.41, 5.74) is 5.72. The molecule has 8 nitrogen and oxygen atoms in total. The highest BCUT2D eigenvalue weighted by molar-refractivity contribution is 7.84. The van der Waals surface area contributed by atoms with Crippen molar-refractivity contribution in [2.45, 2.75) is 71.1 Å². The first-order valence-corrected chi connectivity index (χ1v) is 19.2. The highest BCUT2D eigenvalue weighted by atomic mass is 32.2. The molecule has 1 aromatic heterocycles. The summed E-state index contributed by atoms with van der Waals surface area (Å²) in [5, 5.41) is 3.09. The minimum absolute atomic E-state index is 0.127. The van der Waals surface area contributed by atoms with Gasteiger partial charge in [0.1, 0.15) is 18.2 Å². The van der Waals surface area contributed by atoms with E-state index in [0.717, 1.165) is 78.6 Å². The van der Waals surface area contributed by atoms with Gasteiger partial charge in [0, 0.05) is 60.5 Å². The van der Waals surface area contributed by atoms with E-state index < -0.39 is 10.8 Å². The predicted molar refractivity (Wildman–Crippen MR) is 205 cm³/mol. The zero-order chi connectivity index (χ0) is 35.5. The molecule has 4 aromatic rings. The van der Waals surface area contributed by atoms with Gasteiger partial charge in [-0.1, -0.05) is 59.2 Å². The molecule has 0 saturated carbocycles. The van der Waals surface area contributed by atoms with Crippen LogP contribution in [0.5, 0.6) is 5.75 Å². The van der Waals surface area contributed by atoms with Gasteiger partial charge >= 0.3 is 0 Å². The Morgan fingerprint density at radius 1 is 0.920 bits per heavy atom. The lowest BCUT2D eigenvalue weighted by molar-refractivity contribution is -0.112. The van der Waals surface area contributed by atoms with Crippen LogP contribution in [0.3, 0.4) is 0 Å². The van der Waals surface area contributed by atoms with Crippen LogP contribution in [0, 0.1) is 11.8 Å². The first-order valence-electron chi connectivity index (χ1n) is 17.9. The third-order valence-corrected chi connectivity index (χ3v) is 9.87. The van der Waals surface area contributed by atoms with Crippen LogP contribution >= 0.6 is 0 Å². The number of benzene rings is 3. The fraction of sp³-hybridized carbons (Fsp3) is 0.415. The Labute approximate surface area is 300 Å². The van der Waals surface area contributed by atoms with Crippen molar-refractivity contribution in [1.82, 2.24) is 9.55 Å². The molecule has 1 amide bonds. The Morgan fingerprint density at radius 2 is 1.66 bits per heavy atom. The highest BCUT2D eigenvalue weighted by Gasteiger charge is 2.21. The molecular weight excluding hydrogens is 645 g/mol. The summed E-state index contributed by atoms with van der Waals surface area (Å²) >= 11 is 0. The van der Waals surface area contributed by atoms with E-state index in [1.165, 1.54) is 0 Å². The summed E-state index contributed by atoms with van der Waals surface area (Å²) in [6.07, 6.45) is 8.55. The van der Waals surface area contributed by atoms with Crippen molar-refractivity contribution in [1.29, 1.82) is 0 Å². The lowest BCUT2D eigenvalue weighted by atomic mass is 10.00. The van der Waals surface area contributed by atoms with Gasteiger partial charge in [-0.2, -0.15) is 0 Å². The number of ether oxygens (including phenoxy) is 2. The maximum atomic E-state index is 13.7. The molecule has 0 aliphatic carbocycles. The molecule has 3 aromatic carbocycles. The fourth-order valence-corrected chi connectivity index (χ4v) is 7.12. The zero-order valence-electron chi connectivity index (χ0n) is 30.2. The van der Waals surface area contributed by atoms with E-state index >= 15 is 0 Å². The number of fused-ring (bicyclic) bond motifs is 1. The number of imidazole rings is 1. The van der Waals surface area contributed by atoms with Crippen LogP contribution < -0.4 is 15.0 Å². The maximum absolute atomic E-state index is 13.7. The van der Waals surface area contributed by atoms with Crippen molar-refractivity contribution < 1.29 is 18.5 Å². The number of hydrogen-bond acceptors (Lipinski definition) is 6. The van der Waals surface area contributed by atoms with E-state index in [1.807, 2.05) is 48.7 Å². The van der Waals surface area contributed by atoms with Crippen LogP contribution in [0.4, 0.5) is 11.4 Å². The number of rotatable bonds is 17. The molecule has 1 unspecified atom stereocenters. The lowest BCUT2D eigenvalue weighted by Crippen LogP contribution is -2.29. The molecule has 0 spiro atoms. The Bertz CT molecular complexity index is 1750. The van der Waals surface area contributed by atoms with E-state index in [9.17, 15) is 9.00 Å². The number of nitrogens with one attached hydrogen (secondary N) is 1. The number of nitrogens with zero attached hydrogens (tertiary/aromatic N) is 3. The van der Waals surface area contributed by atoms with Crippen LogP contribution in [0.1, 0.15) is 65.3 Å². The van der Waals surface area contributed by atoms with Crippen molar-refractivity contribution in [2.75, 3.05) is 43.1 Å². The molecule has 9 heteroatoms. The molecule has 1 aliphatic rings. The minimum Gasteiger partial charge on any atom is -0.491 e. The van der Waals surface area contributed by atoms with Crippen molar-refractivity contribution in [2.24, 2.45) is 11.8 Å². The van der Waals surface area contributed by atoms with Gasteiger partial charge in [0.15, 0.2) is 0 Å². The smallest absolute Gasteiger partial charge is 0.251 e. The quantitative estimate of drug-likeness (QED) is 0.111. The average molecular weight is 697 g/mol. The molecule has 5 rings (SSSR count). The number of amides is 1. The minimum atomic E-state index is -1.25. The van der Waals surface area contributed by atoms with Gasteiger partial charge in [-0.25, -0.2) is 4.98 Å². The fourth-order valence-electron chi connectivity index (χ4n) is 6.04. The number of aromatic nitrogens is 2. The molecule has 2 heterocycles. The number of hydrogen-bond donors (Lipinski definition) is 1. The topological polar surface area (TPSA) is 85.7 Å². The standard InChI is InChI=1S/C41H52N4O4S/c1-6-7-22-48-23-24-49-37-13-8-32(9-14-37)33-10-17-39-35(25-33)26-34(18-20-44(39)27-30(2)3)41(46)43-36-11-15-38(16-12-36)50(47)29-40-42-19-21-45(40)28-31(4)5/h8-17,19,21,25-26,30-31H,6-7,18,20,22-24,27-29H2,1-5H3,(H,43,46). The summed E-state index contributed by atoms with van der Waals surface area (Å²) in [4.78, 5) is 21.2. The molecule has 1 N–H and O–H groups in total. The summed E-state index contributed by atoms with van der Waals surface area (Å²) in [6.45, 7) is 15.3. The van der Waals surface area contributed by atoms with E-state index in [4.69, 9.17) is 9.47 Å². The van der Waals surface area contributed by atoms with Crippen LogP contribution in [0.2, 0.25) is 0 Å². The second-order valence-corrected chi connectivity index (χ2v) is 15.2. The highest BCUT2D eigenvalue weighted by Crippen LogP contribution is 2.34. The molecule has 50 heavy (non-hydrogen) atoms. The first kappa shape index (κ1) is 37.1. The van der Waals surface area contributed by atoms with E-state index in [2.05, 4.69) is 84.7 Å². The Kier molecular flexibility index (Phi) is 13.5. The predicted octanol–water partition coefficient (Wildman–Crippen LogP) is 8.60. The van der Waals surface area contributed by atoms with Crippen LogP contribution in [0.25, 0.3) is 17.2 Å². The molecular formula is C41H52N4O4S. The average Bonchev–Trinajstić information content (AvgIpc) is 3.44. The summed E-state index contributed by atoms with van der Waals surface area (Å²) in [5.74, 6) is 2.80. The second-order valence-electron chi connectivity index (χ2n) is 13.7. The number of anilines is 2. The van der Waals surface area contributed by atoms with Gasteiger partial charge in [-0.05, 0) is 96.0 Å². The van der Waals surface area contributed by atoms with E-state index in [1.54, 1.807) is 6.20 Å². The third kappa shape index (κ3) is 10.4. The summed E-state index contributed by atoms with van der Waals surface area (Å²) < 4.78 is 26.7. The molecule has 1 aliphatic heterocycles. The lowest BCUT2D eigenvalue weighted by Gasteiger charge is -2.27. The SMILES string of the molecule is CCCCOCCOc1ccc(-c2ccc3c(c2)C=C(C(=O)Nc2ccc(S(=O)Cc4nccn4CC(C)C)cc2)CCN3CC(C)C)cc1. The number of carbonyl (C=O) groups excluding carboxylic acids is 1. The van der Waals surface area contributed by atoms with E-state index in [-0.39, 0.29) is 5.91 Å². The number of unbranched alkanes of at least 4 members (excludes halogenated alkanes) is 1. The van der Waals surface area contributed by atoms with Gasteiger partial charge in [0.25, 0.3) is 5.91 Å². The monoisotopic (exact) mass is 696 g/mol. The largest absolute Gasteiger partial charge is 0.491 e. The van der Waals surface area contributed by atoms with Gasteiger partial charge < -0.3 is 24.3 Å². The van der Waals surface area contributed by atoms with Gasteiger partial charge in [0.2, 0.25) is 0 Å². The molecule has 0 fully saturated rings. The molecule has 0 bridgehead atoms. The third-order valence-electron chi connectivity index (χ3n) is 8.55. The first-order chi connectivity index (χ1) is 24.2. The summed E-state index contributed by atoms with van der Waals surface area (Å²) in [7, 11) is -1.25. The Hall–Kier alpha value is -4.21. The van der Waals surface area contributed by atoms with Crippen LogP contribution in [0.15, 0.2) is 89.6 Å². The maximum Gasteiger partial charge on any atom is 0.251 e. The molecule has 1 atom stereocenters. The normalized spacial score (nSPS) is 13.6. The van der Waals surface area contributed by atoms with Gasteiger partial charge in [0.05, 0.1) is 23.2 Å². The zero-order valence-corrected chi connectivity index (χ0v) is 31.0. The van der Waals surface area contributed by atoms with Crippen molar-refractivity contribution in [3.05, 3.63) is 96.1 Å². The van der Waals surface area contributed by atoms with Gasteiger partial charge in [-0.15, -0.1) is 0 Å². The van der Waals surface area contributed by atoms with Crippen LogP contribution in [-0.4, -0.2) is 52.6 Å². The second kappa shape index (κ2) is 18.2. The Balaban J connectivity index is 1.27. The van der Waals surface area contributed by atoms with Crippen molar-refractivity contribution in [3.8, 4) is 16.9 Å². The molecule has 0 radical (unpaired) electrons. The van der Waals surface area contributed by atoms with Crippen molar-refractivity contribution in [3.63, 3.8) is 0 Å². The Morgan fingerprint density at radius 3 is 2.38 bits per heavy atom. The molecule has 266 valence electrons. The molecule has 0 saturated heterocycles.